The lowest BCUT2D eigenvalue weighted by Gasteiger charge is -2.24. The van der Waals surface area contributed by atoms with Crippen molar-refractivity contribution in [1.29, 1.82) is 0 Å². The Bertz CT molecular complexity index is 691. The smallest absolute Gasteiger partial charge is 0.191 e. The van der Waals surface area contributed by atoms with E-state index in [0.717, 1.165) is 48.4 Å². The molecule has 0 spiro atoms. The van der Waals surface area contributed by atoms with Crippen LogP contribution in [-0.4, -0.2) is 49.9 Å². The maximum absolute atomic E-state index is 13.9. The summed E-state index contributed by atoms with van der Waals surface area (Å²) in [7, 11) is 1.77. The maximum atomic E-state index is 13.9. The summed E-state index contributed by atoms with van der Waals surface area (Å²) in [4.78, 5) is 6.96. The van der Waals surface area contributed by atoms with Crippen LogP contribution in [-0.2, 0) is 17.9 Å². The van der Waals surface area contributed by atoms with Gasteiger partial charge in [0.25, 0.3) is 0 Å². The van der Waals surface area contributed by atoms with Crippen molar-refractivity contribution >= 4 is 5.96 Å². The molecular formula is C20H29FN4O2. The number of hydrogen-bond acceptors (Lipinski definition) is 4. The molecule has 2 N–H and O–H groups in total. The fraction of sp³-hybridized carbons (Fsp3) is 0.650. The quantitative estimate of drug-likeness (QED) is 0.624. The second-order valence-corrected chi connectivity index (χ2v) is 7.65. The summed E-state index contributed by atoms with van der Waals surface area (Å²) in [5, 5.41) is 6.83. The van der Waals surface area contributed by atoms with Crippen molar-refractivity contribution in [2.75, 3.05) is 26.9 Å². The molecule has 3 aliphatic rings. The normalized spacial score (nSPS) is 23.9. The van der Waals surface area contributed by atoms with Crippen LogP contribution in [0.5, 0.6) is 5.75 Å². The van der Waals surface area contributed by atoms with E-state index in [-0.39, 0.29) is 12.6 Å². The number of rotatable bonds is 4. The molecule has 1 unspecified atom stereocenters. The van der Waals surface area contributed by atoms with Crippen molar-refractivity contribution in [3.05, 3.63) is 29.1 Å². The molecule has 1 atom stereocenters. The van der Waals surface area contributed by atoms with Gasteiger partial charge in [-0.15, -0.1) is 0 Å². The number of hydrogen-bond donors (Lipinski definition) is 2. The van der Waals surface area contributed by atoms with Gasteiger partial charge in [-0.25, -0.2) is 4.39 Å². The molecule has 7 heteroatoms. The molecule has 2 aliphatic heterocycles. The molecule has 1 aliphatic carbocycles. The highest BCUT2D eigenvalue weighted by Gasteiger charge is 2.30. The van der Waals surface area contributed by atoms with Crippen molar-refractivity contribution in [1.82, 2.24) is 15.5 Å². The summed E-state index contributed by atoms with van der Waals surface area (Å²) in [5.74, 6) is 1.20. The third-order valence-electron chi connectivity index (χ3n) is 5.82. The second-order valence-electron chi connectivity index (χ2n) is 7.65. The molecule has 1 aromatic rings. The van der Waals surface area contributed by atoms with Crippen molar-refractivity contribution in [2.24, 2.45) is 4.99 Å². The number of nitrogens with one attached hydrogen (secondary N) is 2. The van der Waals surface area contributed by atoms with Crippen LogP contribution in [0.1, 0.15) is 43.2 Å². The Balaban J connectivity index is 1.33. The van der Waals surface area contributed by atoms with Crippen LogP contribution in [0.2, 0.25) is 0 Å². The minimum atomic E-state index is -0.273. The van der Waals surface area contributed by atoms with Gasteiger partial charge < -0.3 is 20.1 Å². The third kappa shape index (κ3) is 4.35. The molecular weight excluding hydrogens is 347 g/mol. The Morgan fingerprint density at radius 3 is 2.96 bits per heavy atom. The van der Waals surface area contributed by atoms with Crippen LogP contribution in [0.3, 0.4) is 0 Å². The van der Waals surface area contributed by atoms with E-state index in [9.17, 15) is 4.39 Å². The second kappa shape index (κ2) is 8.44. The van der Waals surface area contributed by atoms with E-state index < -0.39 is 0 Å². The molecule has 0 radical (unpaired) electrons. The van der Waals surface area contributed by atoms with Crippen LogP contribution < -0.4 is 15.4 Å². The lowest BCUT2D eigenvalue weighted by Crippen LogP contribution is -2.45. The van der Waals surface area contributed by atoms with Gasteiger partial charge in [0.05, 0.1) is 6.61 Å². The highest BCUT2D eigenvalue weighted by molar-refractivity contribution is 5.80. The van der Waals surface area contributed by atoms with E-state index in [0.29, 0.717) is 19.2 Å². The first-order valence-corrected chi connectivity index (χ1v) is 9.96. The van der Waals surface area contributed by atoms with Gasteiger partial charge in [0.2, 0.25) is 0 Å². The number of aliphatic imine (C=N–C) groups is 1. The van der Waals surface area contributed by atoms with Gasteiger partial charge in [-0.2, -0.15) is 0 Å². The number of benzene rings is 1. The predicted molar refractivity (Wildman–Crippen MR) is 102 cm³/mol. The molecule has 6 nitrogen and oxygen atoms in total. The molecule has 1 saturated carbocycles. The summed E-state index contributed by atoms with van der Waals surface area (Å²) >= 11 is 0. The molecule has 0 aromatic heterocycles. The molecule has 0 bridgehead atoms. The number of ether oxygens (including phenoxy) is 2. The molecule has 4 rings (SSSR count). The highest BCUT2D eigenvalue weighted by atomic mass is 19.1. The Labute approximate surface area is 160 Å². The first-order chi connectivity index (χ1) is 13.2. The summed E-state index contributed by atoms with van der Waals surface area (Å²) in [6.45, 7) is 3.27. The zero-order valence-corrected chi connectivity index (χ0v) is 16.0. The van der Waals surface area contributed by atoms with E-state index in [1.165, 1.54) is 37.8 Å². The summed E-state index contributed by atoms with van der Waals surface area (Å²) in [6.07, 6.45) is 6.55. The van der Waals surface area contributed by atoms with Crippen molar-refractivity contribution < 1.29 is 13.9 Å². The average Bonchev–Trinajstić information content (AvgIpc) is 3.36. The van der Waals surface area contributed by atoms with Gasteiger partial charge in [-0.1, -0.05) is 12.8 Å². The molecule has 1 saturated heterocycles. The fourth-order valence-electron chi connectivity index (χ4n) is 4.46. The molecule has 1 aromatic carbocycles. The number of fused-ring (bicyclic) bond motifs is 1. The van der Waals surface area contributed by atoms with Crippen LogP contribution in [0.15, 0.2) is 17.1 Å². The molecule has 148 valence electrons. The summed E-state index contributed by atoms with van der Waals surface area (Å²) in [5.41, 5.74) is 1.54. The standard InChI is InChI=1S/C20H29FN4O2/c1-22-20(24-17-6-7-25(11-17)18-4-2-3-5-18)23-10-14-8-16(21)9-15-12-26-13-27-19(14)15/h8-9,17-18H,2-7,10-13H2,1H3,(H2,22,23,24). The van der Waals surface area contributed by atoms with Gasteiger partial charge in [0.1, 0.15) is 11.6 Å². The number of likely N-dealkylation sites (tertiary alicyclic amines) is 1. The lowest BCUT2D eigenvalue weighted by molar-refractivity contribution is -0.0172. The van der Waals surface area contributed by atoms with Gasteiger partial charge >= 0.3 is 0 Å². The first-order valence-electron chi connectivity index (χ1n) is 9.96. The van der Waals surface area contributed by atoms with Crippen molar-refractivity contribution in [2.45, 2.75) is 57.3 Å². The van der Waals surface area contributed by atoms with Gasteiger partial charge in [0.15, 0.2) is 12.8 Å². The Hall–Kier alpha value is -1.86. The Morgan fingerprint density at radius 2 is 2.15 bits per heavy atom. The molecule has 27 heavy (non-hydrogen) atoms. The Kier molecular flexibility index (Phi) is 5.78. The SMILES string of the molecule is CN=C(NCc1cc(F)cc2c1OCOC2)NC1CCN(C2CCCC2)C1. The fourth-order valence-corrected chi connectivity index (χ4v) is 4.46. The van der Waals surface area contributed by atoms with E-state index in [4.69, 9.17) is 9.47 Å². The highest BCUT2D eigenvalue weighted by Crippen LogP contribution is 2.29. The predicted octanol–water partition coefficient (Wildman–Crippen LogP) is 2.37. The van der Waals surface area contributed by atoms with E-state index >= 15 is 0 Å². The molecule has 0 amide bonds. The third-order valence-corrected chi connectivity index (χ3v) is 5.82. The van der Waals surface area contributed by atoms with Crippen molar-refractivity contribution in [3.63, 3.8) is 0 Å². The average molecular weight is 376 g/mol. The largest absolute Gasteiger partial charge is 0.467 e. The number of nitrogens with zero attached hydrogens (tertiary/aromatic N) is 2. The monoisotopic (exact) mass is 376 g/mol. The van der Waals surface area contributed by atoms with Gasteiger partial charge in [-0.05, 0) is 31.4 Å². The Morgan fingerprint density at radius 1 is 1.30 bits per heavy atom. The number of guanidine groups is 1. The lowest BCUT2D eigenvalue weighted by atomic mass is 10.1. The zero-order valence-electron chi connectivity index (χ0n) is 16.0. The van der Waals surface area contributed by atoms with Crippen LogP contribution in [0.4, 0.5) is 4.39 Å². The van der Waals surface area contributed by atoms with E-state index in [1.807, 2.05) is 0 Å². The van der Waals surface area contributed by atoms with Crippen LogP contribution >= 0.6 is 0 Å². The maximum Gasteiger partial charge on any atom is 0.191 e. The van der Waals surface area contributed by atoms with Crippen LogP contribution in [0, 0.1) is 5.82 Å². The molecule has 2 fully saturated rings. The minimum Gasteiger partial charge on any atom is -0.467 e. The summed E-state index contributed by atoms with van der Waals surface area (Å²) in [6, 6.07) is 4.16. The van der Waals surface area contributed by atoms with Gasteiger partial charge in [-0.3, -0.25) is 9.89 Å². The topological polar surface area (TPSA) is 58.1 Å². The van der Waals surface area contributed by atoms with Crippen molar-refractivity contribution in [3.8, 4) is 5.75 Å². The van der Waals surface area contributed by atoms with E-state index in [2.05, 4.69) is 20.5 Å². The minimum absolute atomic E-state index is 0.206. The first kappa shape index (κ1) is 18.5. The van der Waals surface area contributed by atoms with Gasteiger partial charge in [0, 0.05) is 49.9 Å². The zero-order chi connectivity index (χ0) is 18.6. The molecule has 2 heterocycles. The van der Waals surface area contributed by atoms with E-state index in [1.54, 1.807) is 7.05 Å². The number of halogens is 1. The van der Waals surface area contributed by atoms with Crippen LogP contribution in [0.25, 0.3) is 0 Å². The summed E-state index contributed by atoms with van der Waals surface area (Å²) < 4.78 is 24.7.